The van der Waals surface area contributed by atoms with Crippen LogP contribution in [0.2, 0.25) is 5.15 Å². The van der Waals surface area contributed by atoms with Crippen LogP contribution in [0.4, 0.5) is 26.3 Å². The van der Waals surface area contributed by atoms with E-state index >= 15 is 0 Å². The van der Waals surface area contributed by atoms with Crippen LogP contribution in [0.5, 0.6) is 0 Å². The van der Waals surface area contributed by atoms with E-state index in [0.29, 0.717) is 55.1 Å². The number of hydrogen-bond acceptors (Lipinski definition) is 14. The molecular weight excluding hydrogens is 2040 g/mol. The van der Waals surface area contributed by atoms with Gasteiger partial charge in [0.15, 0.2) is 11.6 Å². The van der Waals surface area contributed by atoms with Gasteiger partial charge in [0.2, 0.25) is 0 Å². The monoisotopic (exact) mass is 2130 g/mol. The van der Waals surface area contributed by atoms with Crippen molar-refractivity contribution in [2.75, 3.05) is 0 Å². The van der Waals surface area contributed by atoms with Gasteiger partial charge in [0.25, 0.3) is 11.1 Å². The molecule has 0 amide bonds. The summed E-state index contributed by atoms with van der Waals surface area (Å²) in [4.78, 5) is 58.2. The van der Waals surface area contributed by atoms with Gasteiger partial charge < -0.3 is 20.3 Å². The number of aliphatic hydroxyl groups excluding tert-OH is 2. The zero-order valence-corrected chi connectivity index (χ0v) is 84.1. The molecule has 0 atom stereocenters. The fourth-order valence-corrected chi connectivity index (χ4v) is 25.1. The minimum atomic E-state index is -4.56. The maximum Gasteiger partial charge on any atom is 0.491 e. The molecule has 14 aromatic carbocycles. The average molecular weight is 2130 g/mol. The normalized spacial score (nSPS) is 11.0. The van der Waals surface area contributed by atoms with Crippen molar-refractivity contribution in [3.63, 3.8) is 0 Å². The maximum absolute atomic E-state index is 13.3. The van der Waals surface area contributed by atoms with Crippen molar-refractivity contribution in [2.24, 2.45) is 0 Å². The summed E-state index contributed by atoms with van der Waals surface area (Å²) >= 11 is 5.97. The molecule has 0 spiro atoms. The van der Waals surface area contributed by atoms with Crippen molar-refractivity contribution < 1.29 is 67.0 Å². The predicted molar refractivity (Wildman–Crippen MR) is 586 cm³/mol. The topological polar surface area (TPSA) is 228 Å². The molecule has 0 saturated heterocycles. The third kappa shape index (κ3) is 28.0. The molecule has 22 rings (SSSR count). The summed E-state index contributed by atoms with van der Waals surface area (Å²) < 4.78 is 81.6. The van der Waals surface area contributed by atoms with Gasteiger partial charge in [-0.3, -0.25) is 28.7 Å². The van der Waals surface area contributed by atoms with Crippen LogP contribution >= 0.6 is 43.3 Å². The van der Waals surface area contributed by atoms with Gasteiger partial charge in [-0.25, -0.2) is 29.9 Å². The van der Waals surface area contributed by atoms with E-state index in [1.54, 1.807) is 42.6 Å². The van der Waals surface area contributed by atoms with E-state index < -0.39 is 73.4 Å². The Balaban J connectivity index is 0.000000131. The zero-order valence-electron chi connectivity index (χ0n) is 78.2. The Morgan fingerprint density at radius 1 is 0.286 bits per heavy atom. The van der Waals surface area contributed by atoms with E-state index in [1.807, 2.05) is 0 Å². The molecule has 0 aliphatic carbocycles. The summed E-state index contributed by atoms with van der Waals surface area (Å²) in [5.74, 6) is 0.513. The smallest absolute Gasteiger partial charge is 0.423 e. The van der Waals surface area contributed by atoms with E-state index in [1.165, 1.54) is 140 Å². The van der Waals surface area contributed by atoms with Crippen molar-refractivity contribution in [2.45, 2.75) is 25.6 Å². The number of halogens is 7. The van der Waals surface area contributed by atoms with Crippen molar-refractivity contribution >= 4 is 163 Å². The number of aromatic nitrogens is 10. The van der Waals surface area contributed by atoms with Crippen LogP contribution < -0.4 is 80.2 Å². The second-order valence-corrected chi connectivity index (χ2v) is 41.4. The number of pyridine rings is 6. The van der Waals surface area contributed by atoms with Crippen LogP contribution in [0.1, 0.15) is 22.8 Å². The fourth-order valence-electron chi connectivity index (χ4n) is 15.7. The molecule has 4 N–H and O–H groups in total. The Hall–Kier alpha value is -15.1. The SMILES string of the molecule is O=c1ccc2cnc3ccc(-c4cnc(CO)nc4)nc3c2n1-c1cccc(C(F)(F)F)c1.O=c1ccc2cnc3ccc(Cl)nc3c2n1-c1cccc(C(F)(F)F)c1.OCc1ncc(B(O)O)cn1.[Pd].c1ccc(P(c2ccccc2)c2ccccc2)cc1.c1ccc(P(c2ccccc2)c2ccccc2)cc1.c1ccc(P(c2ccccc2)c2ccccc2)cc1.c1ccc(P(c2ccccc2)c2ccccc2)cc1. The van der Waals surface area contributed by atoms with Crippen molar-refractivity contribution in [1.29, 1.82) is 0 Å². The van der Waals surface area contributed by atoms with Crippen molar-refractivity contribution in [3.8, 4) is 22.6 Å². The second-order valence-electron chi connectivity index (χ2n) is 32.2. The molecule has 147 heavy (non-hydrogen) atoms. The fraction of sp³-hybridized carbons (Fsp3) is 0.0339. The maximum atomic E-state index is 13.3. The molecular formula is C118H90BClF6N10O6P4Pd. The summed E-state index contributed by atoms with van der Waals surface area (Å²) in [5.41, 5.74) is 1.02. The van der Waals surface area contributed by atoms with Crippen LogP contribution in [-0.4, -0.2) is 76.4 Å². The molecule has 0 unspecified atom stereocenters. The van der Waals surface area contributed by atoms with Gasteiger partial charge in [-0.15, -0.1) is 0 Å². The molecule has 0 aliphatic rings. The standard InChI is InChI=1S/C23H14F3N5O2.C18H9ClF3N3O.4C18H15P.C5H7BN2O3.Pd/c24-23(25,26)15-2-1-3-16(8-15)31-20(33)7-4-13-9-27-18-6-5-17(30-21(18)22(13)31)14-10-28-19(12-32)29-11-14;19-14-6-5-13-16(24-14)17-10(9-23-13)4-7-15(26)25(17)12-3-1-2-11(8-12)18(20,21)22;4*1-4-10-16(11-5-1)19(17-12-6-2-7-13-17)18-14-8-3-9-15-18;9-3-5-7-1-4(2-8-5)6(10)11;/h1-11,32H,12H2;1-9H;4*1-15H;1-2,9-11H,3H2;. The first-order valence-corrected chi connectivity index (χ1v) is 51.6. The zero-order chi connectivity index (χ0) is 102. The molecule has 29 heteroatoms. The molecule has 0 fully saturated rings. The van der Waals surface area contributed by atoms with Gasteiger partial charge >= 0.3 is 19.5 Å². The number of rotatable bonds is 18. The predicted octanol–water partition coefficient (Wildman–Crippen LogP) is 19.9. The van der Waals surface area contributed by atoms with Crippen LogP contribution in [-0.2, 0) is 46.0 Å². The first-order chi connectivity index (χ1) is 71.2. The average Bonchev–Trinajstić information content (AvgIpc) is 0.753. The molecule has 8 heterocycles. The second kappa shape index (κ2) is 52.1. The van der Waals surface area contributed by atoms with Gasteiger partial charge in [-0.05, 0) is 168 Å². The Kier molecular flexibility index (Phi) is 37.7. The van der Waals surface area contributed by atoms with Crippen LogP contribution in [0.25, 0.3) is 66.5 Å². The minimum Gasteiger partial charge on any atom is -0.423 e. The number of fused-ring (bicyclic) bond motifs is 6. The first-order valence-electron chi connectivity index (χ1n) is 45.9. The first kappa shape index (κ1) is 106. The van der Waals surface area contributed by atoms with Crippen molar-refractivity contribution in [1.82, 2.24) is 49.0 Å². The minimum absolute atomic E-state index is 0. The Labute approximate surface area is 868 Å². The molecule has 0 saturated carbocycles. The summed E-state index contributed by atoms with van der Waals surface area (Å²) in [7, 11) is -3.34. The van der Waals surface area contributed by atoms with Crippen LogP contribution in [0.15, 0.2) is 508 Å². The number of benzene rings is 14. The van der Waals surface area contributed by atoms with Crippen molar-refractivity contribution in [3.05, 3.63) is 547 Å². The molecule has 0 aliphatic heterocycles. The Morgan fingerprint density at radius 3 is 0.789 bits per heavy atom. The Bertz CT molecular complexity index is 7250. The largest absolute Gasteiger partial charge is 0.491 e. The summed E-state index contributed by atoms with van der Waals surface area (Å²) in [5, 5.41) is 52.9. The number of hydrogen-bond donors (Lipinski definition) is 4. The molecule has 730 valence electrons. The summed E-state index contributed by atoms with van der Waals surface area (Å²) in [6.07, 6.45) is -0.476. The van der Waals surface area contributed by atoms with Gasteiger partial charge in [-0.1, -0.05) is 388 Å². The third-order valence-corrected chi connectivity index (χ3v) is 32.4. The van der Waals surface area contributed by atoms with Crippen LogP contribution in [0.3, 0.4) is 0 Å². The summed E-state index contributed by atoms with van der Waals surface area (Å²) in [6.45, 7) is -0.551. The van der Waals surface area contributed by atoms with Crippen LogP contribution in [0, 0.1) is 0 Å². The van der Waals surface area contributed by atoms with Gasteiger partial charge in [-0.2, -0.15) is 26.3 Å². The van der Waals surface area contributed by atoms with E-state index in [-0.39, 0.29) is 67.3 Å². The number of nitrogens with zero attached hydrogens (tertiary/aromatic N) is 10. The molecule has 22 aromatic rings. The number of alkyl halides is 6. The molecule has 0 bridgehead atoms. The van der Waals surface area contributed by atoms with Gasteiger partial charge in [0, 0.05) is 103 Å². The van der Waals surface area contributed by atoms with Gasteiger partial charge in [0.1, 0.15) is 29.4 Å². The third-order valence-electron chi connectivity index (χ3n) is 22.4. The molecule has 16 nitrogen and oxygen atoms in total. The summed E-state index contributed by atoms with van der Waals surface area (Å²) in [6, 6.07) is 151. The van der Waals surface area contributed by atoms with E-state index in [0.717, 1.165) is 24.3 Å². The number of aliphatic hydroxyl groups is 2. The quantitative estimate of drug-likeness (QED) is 0.0206. The van der Waals surface area contributed by atoms with Gasteiger partial charge in [0.05, 0.1) is 38.9 Å². The van der Waals surface area contributed by atoms with E-state index in [9.17, 15) is 35.9 Å². The van der Waals surface area contributed by atoms with E-state index in [2.05, 4.69) is 404 Å². The Morgan fingerprint density at radius 2 is 0.537 bits per heavy atom. The van der Waals surface area contributed by atoms with E-state index in [4.69, 9.17) is 31.9 Å². The molecule has 8 aromatic heterocycles. The molecule has 0 radical (unpaired) electrons.